The maximum Gasteiger partial charge on any atom is 0.317 e. The second-order valence-electron chi connectivity index (χ2n) is 3.52. The molecule has 1 aromatic heterocycles. The fourth-order valence-electron chi connectivity index (χ4n) is 1.33. The number of rotatable bonds is 6. The van der Waals surface area contributed by atoms with Crippen molar-refractivity contribution in [1.82, 2.24) is 10.2 Å². The molecule has 84 valence electrons. The Bertz CT molecular complexity index is 298. The molecule has 0 radical (unpaired) electrons. The molecule has 0 bridgehead atoms. The fourth-order valence-corrected chi connectivity index (χ4v) is 2.26. The van der Waals surface area contributed by atoms with Crippen LogP contribution in [0.1, 0.15) is 10.9 Å². The van der Waals surface area contributed by atoms with Crippen molar-refractivity contribution in [3.05, 3.63) is 22.4 Å². The standard InChI is InChI=1S/C10H16N2O2S/c1-12(2)8(6-11-7-10(13)14)9-4-3-5-15-9/h3-5,8,11H,6-7H2,1-2H3,(H,13,14). The van der Waals surface area contributed by atoms with Crippen LogP contribution in [0.5, 0.6) is 0 Å². The lowest BCUT2D eigenvalue weighted by Crippen LogP contribution is -2.33. The number of aliphatic carboxylic acids is 1. The van der Waals surface area contributed by atoms with Gasteiger partial charge in [0.05, 0.1) is 12.6 Å². The number of hydrogen-bond donors (Lipinski definition) is 2. The van der Waals surface area contributed by atoms with Crippen molar-refractivity contribution in [2.24, 2.45) is 0 Å². The molecule has 15 heavy (non-hydrogen) atoms. The van der Waals surface area contributed by atoms with E-state index in [-0.39, 0.29) is 12.6 Å². The van der Waals surface area contributed by atoms with E-state index >= 15 is 0 Å². The zero-order valence-electron chi connectivity index (χ0n) is 8.93. The van der Waals surface area contributed by atoms with Gasteiger partial charge in [-0.05, 0) is 25.5 Å². The van der Waals surface area contributed by atoms with Gasteiger partial charge in [-0.3, -0.25) is 4.79 Å². The van der Waals surface area contributed by atoms with Crippen LogP contribution in [-0.4, -0.2) is 43.2 Å². The number of thiophene rings is 1. The van der Waals surface area contributed by atoms with Crippen LogP contribution in [0.4, 0.5) is 0 Å². The number of nitrogens with zero attached hydrogens (tertiary/aromatic N) is 1. The van der Waals surface area contributed by atoms with E-state index in [1.54, 1.807) is 11.3 Å². The average Bonchev–Trinajstić information content (AvgIpc) is 2.63. The van der Waals surface area contributed by atoms with Crippen molar-refractivity contribution in [1.29, 1.82) is 0 Å². The zero-order valence-corrected chi connectivity index (χ0v) is 9.75. The highest BCUT2D eigenvalue weighted by atomic mass is 32.1. The van der Waals surface area contributed by atoms with Gasteiger partial charge in [0.1, 0.15) is 0 Å². The van der Waals surface area contributed by atoms with E-state index in [2.05, 4.69) is 16.3 Å². The van der Waals surface area contributed by atoms with Crippen molar-refractivity contribution in [2.75, 3.05) is 27.2 Å². The molecule has 1 rings (SSSR count). The zero-order chi connectivity index (χ0) is 11.3. The van der Waals surface area contributed by atoms with Crippen LogP contribution in [0.3, 0.4) is 0 Å². The Morgan fingerprint density at radius 2 is 2.40 bits per heavy atom. The van der Waals surface area contributed by atoms with E-state index in [9.17, 15) is 4.79 Å². The molecule has 0 aromatic carbocycles. The Morgan fingerprint density at radius 1 is 1.67 bits per heavy atom. The number of likely N-dealkylation sites (N-methyl/N-ethyl adjacent to an activating group) is 1. The van der Waals surface area contributed by atoms with Gasteiger partial charge in [-0.1, -0.05) is 6.07 Å². The molecule has 1 heterocycles. The minimum absolute atomic E-state index is 0.00964. The first-order valence-electron chi connectivity index (χ1n) is 4.73. The lowest BCUT2D eigenvalue weighted by Gasteiger charge is -2.23. The lowest BCUT2D eigenvalue weighted by atomic mass is 10.2. The smallest absolute Gasteiger partial charge is 0.317 e. The van der Waals surface area contributed by atoms with Crippen LogP contribution < -0.4 is 5.32 Å². The van der Waals surface area contributed by atoms with E-state index in [4.69, 9.17) is 5.11 Å². The largest absolute Gasteiger partial charge is 0.480 e. The number of carboxylic acid groups (broad SMARTS) is 1. The Labute approximate surface area is 93.5 Å². The third-order valence-electron chi connectivity index (χ3n) is 2.11. The molecular weight excluding hydrogens is 212 g/mol. The van der Waals surface area contributed by atoms with Crippen LogP contribution in [-0.2, 0) is 4.79 Å². The molecule has 4 nitrogen and oxygen atoms in total. The summed E-state index contributed by atoms with van der Waals surface area (Å²) in [4.78, 5) is 13.7. The molecule has 0 saturated heterocycles. The molecule has 0 fully saturated rings. The quantitative estimate of drug-likeness (QED) is 0.763. The Kier molecular flexibility index (Phi) is 4.74. The Morgan fingerprint density at radius 3 is 2.87 bits per heavy atom. The maximum atomic E-state index is 10.4. The maximum absolute atomic E-state index is 10.4. The molecule has 0 aliphatic heterocycles. The summed E-state index contributed by atoms with van der Waals surface area (Å²) >= 11 is 1.69. The Hall–Kier alpha value is -0.910. The van der Waals surface area contributed by atoms with Gasteiger partial charge < -0.3 is 15.3 Å². The molecule has 2 N–H and O–H groups in total. The predicted octanol–water partition coefficient (Wildman–Crippen LogP) is 1.02. The van der Waals surface area contributed by atoms with Gasteiger partial charge in [0.15, 0.2) is 0 Å². The van der Waals surface area contributed by atoms with Gasteiger partial charge in [0, 0.05) is 11.4 Å². The second kappa shape index (κ2) is 5.85. The monoisotopic (exact) mass is 228 g/mol. The highest BCUT2D eigenvalue weighted by Gasteiger charge is 2.14. The molecule has 0 amide bonds. The first-order chi connectivity index (χ1) is 7.11. The normalized spacial score (nSPS) is 13.0. The van der Waals surface area contributed by atoms with E-state index < -0.39 is 5.97 Å². The number of hydrogen-bond acceptors (Lipinski definition) is 4. The van der Waals surface area contributed by atoms with Crippen LogP contribution in [0.15, 0.2) is 17.5 Å². The first kappa shape index (κ1) is 12.2. The van der Waals surface area contributed by atoms with E-state index in [1.165, 1.54) is 4.88 Å². The summed E-state index contributed by atoms with van der Waals surface area (Å²) in [6, 6.07) is 4.32. The third-order valence-corrected chi connectivity index (χ3v) is 3.08. The minimum atomic E-state index is -0.821. The molecule has 0 saturated carbocycles. The van der Waals surface area contributed by atoms with Crippen LogP contribution in [0, 0.1) is 0 Å². The lowest BCUT2D eigenvalue weighted by molar-refractivity contribution is -0.136. The molecule has 0 aliphatic carbocycles. The summed E-state index contributed by atoms with van der Waals surface area (Å²) in [5, 5.41) is 13.5. The molecule has 1 unspecified atom stereocenters. The molecular formula is C10H16N2O2S. The summed E-state index contributed by atoms with van der Waals surface area (Å²) in [6.45, 7) is 0.662. The van der Waals surface area contributed by atoms with Gasteiger partial charge in [0.2, 0.25) is 0 Å². The van der Waals surface area contributed by atoms with Gasteiger partial charge in [-0.15, -0.1) is 11.3 Å². The number of carboxylic acids is 1. The fraction of sp³-hybridized carbons (Fsp3) is 0.500. The number of nitrogens with one attached hydrogen (secondary N) is 1. The molecule has 1 aromatic rings. The van der Waals surface area contributed by atoms with Crippen molar-refractivity contribution < 1.29 is 9.90 Å². The topological polar surface area (TPSA) is 52.6 Å². The van der Waals surface area contributed by atoms with Crippen molar-refractivity contribution in [3.8, 4) is 0 Å². The molecule has 0 aliphatic rings. The minimum Gasteiger partial charge on any atom is -0.480 e. The van der Waals surface area contributed by atoms with E-state index in [0.29, 0.717) is 6.54 Å². The second-order valence-corrected chi connectivity index (χ2v) is 4.50. The summed E-state index contributed by atoms with van der Waals surface area (Å²) in [6.07, 6.45) is 0. The first-order valence-corrected chi connectivity index (χ1v) is 5.61. The highest BCUT2D eigenvalue weighted by Crippen LogP contribution is 2.22. The third kappa shape index (κ3) is 3.99. The van der Waals surface area contributed by atoms with Crippen LogP contribution in [0.25, 0.3) is 0 Å². The van der Waals surface area contributed by atoms with E-state index in [0.717, 1.165) is 0 Å². The summed E-state index contributed by atoms with van der Waals surface area (Å²) in [5.41, 5.74) is 0. The summed E-state index contributed by atoms with van der Waals surface area (Å²) in [5.74, 6) is -0.821. The highest BCUT2D eigenvalue weighted by molar-refractivity contribution is 7.10. The molecule has 1 atom stereocenters. The van der Waals surface area contributed by atoms with Crippen molar-refractivity contribution in [3.63, 3.8) is 0 Å². The predicted molar refractivity (Wildman–Crippen MR) is 61.3 cm³/mol. The SMILES string of the molecule is CN(C)C(CNCC(=O)O)c1cccs1. The van der Waals surface area contributed by atoms with Crippen LogP contribution in [0.2, 0.25) is 0 Å². The van der Waals surface area contributed by atoms with Crippen molar-refractivity contribution in [2.45, 2.75) is 6.04 Å². The molecule has 0 spiro atoms. The van der Waals surface area contributed by atoms with Gasteiger partial charge in [0.25, 0.3) is 0 Å². The molecule has 5 heteroatoms. The summed E-state index contributed by atoms with van der Waals surface area (Å²) in [7, 11) is 3.99. The van der Waals surface area contributed by atoms with Gasteiger partial charge in [-0.2, -0.15) is 0 Å². The van der Waals surface area contributed by atoms with E-state index in [1.807, 2.05) is 25.5 Å². The average molecular weight is 228 g/mol. The van der Waals surface area contributed by atoms with Gasteiger partial charge >= 0.3 is 5.97 Å². The van der Waals surface area contributed by atoms with Crippen LogP contribution >= 0.6 is 11.3 Å². The van der Waals surface area contributed by atoms with Crippen molar-refractivity contribution >= 4 is 17.3 Å². The summed E-state index contributed by atoms with van der Waals surface area (Å²) < 4.78 is 0. The van der Waals surface area contributed by atoms with Gasteiger partial charge in [-0.25, -0.2) is 0 Å². The number of carbonyl (C=O) groups is 1. The Balaban J connectivity index is 2.49.